The summed E-state index contributed by atoms with van der Waals surface area (Å²) in [4.78, 5) is 28.8. The molecule has 0 bridgehead atoms. The summed E-state index contributed by atoms with van der Waals surface area (Å²) in [5, 5.41) is 2.25. The topological polar surface area (TPSA) is 72.3 Å². The van der Waals surface area contributed by atoms with Crippen molar-refractivity contribution in [3.05, 3.63) is 26.6 Å². The molecule has 0 aliphatic heterocycles. The highest BCUT2D eigenvalue weighted by atomic mass is 35.5. The fourth-order valence-corrected chi connectivity index (χ4v) is 1.74. The van der Waals surface area contributed by atoms with Gasteiger partial charge in [-0.3, -0.25) is 4.79 Å². The number of aromatic nitrogens is 2. The van der Waals surface area contributed by atoms with E-state index in [4.69, 9.17) is 23.2 Å². The van der Waals surface area contributed by atoms with Crippen LogP contribution in [0, 0.1) is 4.91 Å². The first kappa shape index (κ1) is 10.4. The van der Waals surface area contributed by atoms with Crippen LogP contribution in [0.2, 0.25) is 10.3 Å². The Bertz CT molecular complexity index is 446. The molecule has 15 heavy (non-hydrogen) atoms. The average molecular weight is 246 g/mol. The minimum atomic E-state index is -1.02. The van der Waals surface area contributed by atoms with Gasteiger partial charge in [0.15, 0.2) is 16.0 Å². The molecule has 1 amide bonds. The fraction of sp³-hybridized carbons (Fsp3) is 0.375. The Morgan fingerprint density at radius 2 is 1.93 bits per heavy atom. The van der Waals surface area contributed by atoms with E-state index >= 15 is 0 Å². The lowest BCUT2D eigenvalue weighted by molar-refractivity contribution is 0.0995. The van der Waals surface area contributed by atoms with Gasteiger partial charge in [0.2, 0.25) is 0 Å². The zero-order valence-electron chi connectivity index (χ0n) is 7.41. The van der Waals surface area contributed by atoms with Gasteiger partial charge in [0.25, 0.3) is 0 Å². The first-order valence-corrected chi connectivity index (χ1v) is 4.99. The Labute approximate surface area is 94.8 Å². The SMILES string of the molecule is O=NC(=O)c1nc(C2CC2)c(Cl)nc1Cl. The second kappa shape index (κ2) is 3.83. The van der Waals surface area contributed by atoms with Crippen molar-refractivity contribution in [2.24, 2.45) is 5.18 Å². The van der Waals surface area contributed by atoms with Gasteiger partial charge < -0.3 is 0 Å². The van der Waals surface area contributed by atoms with Gasteiger partial charge in [0.1, 0.15) is 0 Å². The van der Waals surface area contributed by atoms with Gasteiger partial charge in [-0.2, -0.15) is 0 Å². The third kappa shape index (κ3) is 1.98. The molecule has 1 aromatic heterocycles. The van der Waals surface area contributed by atoms with Crippen molar-refractivity contribution in [3.8, 4) is 0 Å². The van der Waals surface area contributed by atoms with E-state index in [0.29, 0.717) is 5.69 Å². The minimum absolute atomic E-state index is 0.185. The third-order valence-electron chi connectivity index (χ3n) is 2.08. The van der Waals surface area contributed by atoms with Gasteiger partial charge in [-0.25, -0.2) is 9.97 Å². The van der Waals surface area contributed by atoms with Gasteiger partial charge in [-0.15, -0.1) is 4.91 Å². The van der Waals surface area contributed by atoms with E-state index in [9.17, 15) is 9.70 Å². The number of carbonyl (C=O) groups is 1. The molecule has 7 heteroatoms. The van der Waals surface area contributed by atoms with Gasteiger partial charge in [-0.05, 0) is 12.8 Å². The van der Waals surface area contributed by atoms with Crippen LogP contribution in [-0.2, 0) is 0 Å². The molecule has 0 spiro atoms. The Morgan fingerprint density at radius 3 is 2.47 bits per heavy atom. The lowest BCUT2D eigenvalue weighted by Crippen LogP contribution is -2.05. The van der Waals surface area contributed by atoms with Crippen molar-refractivity contribution < 1.29 is 4.79 Å². The average Bonchev–Trinajstić information content (AvgIpc) is 3.00. The zero-order chi connectivity index (χ0) is 11.0. The Kier molecular flexibility index (Phi) is 2.67. The molecule has 1 aliphatic carbocycles. The number of hydrogen-bond acceptors (Lipinski definition) is 4. The number of amides is 1. The van der Waals surface area contributed by atoms with E-state index in [1.807, 2.05) is 0 Å². The number of rotatable bonds is 2. The third-order valence-corrected chi connectivity index (χ3v) is 2.63. The second-order valence-electron chi connectivity index (χ2n) is 3.21. The fourth-order valence-electron chi connectivity index (χ4n) is 1.20. The molecule has 0 N–H and O–H groups in total. The molecule has 0 aromatic carbocycles. The van der Waals surface area contributed by atoms with E-state index in [1.54, 1.807) is 0 Å². The van der Waals surface area contributed by atoms with Crippen molar-refractivity contribution in [2.45, 2.75) is 18.8 Å². The Balaban J connectivity index is 2.50. The summed E-state index contributed by atoms with van der Waals surface area (Å²) < 4.78 is 0. The van der Waals surface area contributed by atoms with Crippen molar-refractivity contribution in [3.63, 3.8) is 0 Å². The van der Waals surface area contributed by atoms with Crippen LogP contribution in [0.25, 0.3) is 0 Å². The van der Waals surface area contributed by atoms with Gasteiger partial charge in [-0.1, -0.05) is 23.2 Å². The molecule has 0 atom stereocenters. The number of nitroso groups, excluding NO2 is 1. The smallest absolute Gasteiger partial charge is 0.261 e. The predicted molar refractivity (Wildman–Crippen MR) is 54.2 cm³/mol. The summed E-state index contributed by atoms with van der Waals surface area (Å²) in [5.41, 5.74) is 0.297. The molecule has 1 fully saturated rings. The standard InChI is InChI=1S/C8H5Cl2N3O2/c9-6-4(3-1-2-3)11-5(7(10)12-6)8(14)13-15/h3H,1-2H2. The lowest BCUT2D eigenvalue weighted by atomic mass is 10.3. The van der Waals surface area contributed by atoms with E-state index in [2.05, 4.69) is 15.1 Å². The highest BCUT2D eigenvalue weighted by Crippen LogP contribution is 2.42. The van der Waals surface area contributed by atoms with Gasteiger partial charge >= 0.3 is 5.91 Å². The number of halogens is 2. The molecule has 0 saturated heterocycles. The molecule has 1 aromatic rings. The lowest BCUT2D eigenvalue weighted by Gasteiger charge is -2.03. The van der Waals surface area contributed by atoms with Crippen LogP contribution in [0.4, 0.5) is 0 Å². The summed E-state index contributed by atoms with van der Waals surface area (Å²) in [7, 11) is 0. The van der Waals surface area contributed by atoms with Crippen LogP contribution in [0.3, 0.4) is 0 Å². The van der Waals surface area contributed by atoms with Gasteiger partial charge in [0, 0.05) is 11.1 Å². The monoisotopic (exact) mass is 245 g/mol. The highest BCUT2D eigenvalue weighted by Gasteiger charge is 2.30. The number of nitrogens with zero attached hydrogens (tertiary/aromatic N) is 3. The van der Waals surface area contributed by atoms with Crippen LogP contribution in [0.5, 0.6) is 0 Å². The van der Waals surface area contributed by atoms with Crippen molar-refractivity contribution in [1.82, 2.24) is 9.97 Å². The van der Waals surface area contributed by atoms with Crippen LogP contribution in [-0.4, -0.2) is 15.9 Å². The molecule has 1 saturated carbocycles. The molecule has 2 rings (SSSR count). The largest absolute Gasteiger partial charge is 0.338 e. The number of hydrogen-bond donors (Lipinski definition) is 0. The van der Waals surface area contributed by atoms with Crippen molar-refractivity contribution in [2.75, 3.05) is 0 Å². The van der Waals surface area contributed by atoms with Crippen LogP contribution in [0.15, 0.2) is 5.18 Å². The molecule has 0 radical (unpaired) electrons. The van der Waals surface area contributed by atoms with Crippen molar-refractivity contribution >= 4 is 29.1 Å². The molecular weight excluding hydrogens is 241 g/mol. The molecule has 0 unspecified atom stereocenters. The second-order valence-corrected chi connectivity index (χ2v) is 3.93. The first-order valence-electron chi connectivity index (χ1n) is 4.24. The van der Waals surface area contributed by atoms with E-state index in [0.717, 1.165) is 12.8 Å². The summed E-state index contributed by atoms with van der Waals surface area (Å²) in [6, 6.07) is 0. The van der Waals surface area contributed by atoms with Crippen LogP contribution < -0.4 is 0 Å². The maximum atomic E-state index is 11.0. The molecule has 5 nitrogen and oxygen atoms in total. The number of carbonyl (C=O) groups excluding carboxylic acids is 1. The van der Waals surface area contributed by atoms with E-state index in [1.165, 1.54) is 0 Å². The normalized spacial score (nSPS) is 15.1. The maximum Gasteiger partial charge on any atom is 0.338 e. The minimum Gasteiger partial charge on any atom is -0.261 e. The Hall–Kier alpha value is -1.07. The molecule has 1 heterocycles. The van der Waals surface area contributed by atoms with E-state index in [-0.39, 0.29) is 21.9 Å². The summed E-state index contributed by atoms with van der Waals surface area (Å²) in [6.07, 6.45) is 1.91. The molecule has 78 valence electrons. The summed E-state index contributed by atoms with van der Waals surface area (Å²) in [5.74, 6) is -0.800. The van der Waals surface area contributed by atoms with Gasteiger partial charge in [0.05, 0.1) is 5.69 Å². The van der Waals surface area contributed by atoms with E-state index < -0.39 is 5.91 Å². The quantitative estimate of drug-likeness (QED) is 0.751. The van der Waals surface area contributed by atoms with Crippen molar-refractivity contribution in [1.29, 1.82) is 0 Å². The Morgan fingerprint density at radius 1 is 1.27 bits per heavy atom. The summed E-state index contributed by atoms with van der Waals surface area (Å²) in [6.45, 7) is 0. The predicted octanol–water partition coefficient (Wildman–Crippen LogP) is 2.57. The molecular formula is C8H5Cl2N3O2. The van der Waals surface area contributed by atoms with Crippen LogP contribution >= 0.6 is 23.2 Å². The van der Waals surface area contributed by atoms with Crippen LogP contribution in [0.1, 0.15) is 34.9 Å². The summed E-state index contributed by atoms with van der Waals surface area (Å²) >= 11 is 11.4. The zero-order valence-corrected chi connectivity index (χ0v) is 8.92. The maximum absolute atomic E-state index is 11.0. The first-order chi connectivity index (χ1) is 7.13. The molecule has 1 aliphatic rings. The highest BCUT2D eigenvalue weighted by molar-refractivity contribution is 6.34.